The highest BCUT2D eigenvalue weighted by molar-refractivity contribution is 6.31. The molecule has 1 aromatic carbocycles. The zero-order valence-corrected chi connectivity index (χ0v) is 12.1. The number of carbonyl (C=O) groups excluding carboxylic acids is 1. The van der Waals surface area contributed by atoms with Gasteiger partial charge in [-0.3, -0.25) is 4.79 Å². The number of hydrogen-bond donors (Lipinski definition) is 0. The Bertz CT molecular complexity index is 738. The van der Waals surface area contributed by atoms with Gasteiger partial charge in [-0.25, -0.2) is 9.48 Å². The topological polar surface area (TPSA) is 61.2 Å². The van der Waals surface area contributed by atoms with Crippen molar-refractivity contribution in [1.82, 2.24) is 9.78 Å². The first-order chi connectivity index (χ1) is 9.43. The third kappa shape index (κ3) is 2.58. The van der Waals surface area contributed by atoms with Crippen molar-refractivity contribution in [1.29, 1.82) is 0 Å². The normalized spacial score (nSPS) is 10.4. The van der Waals surface area contributed by atoms with Crippen molar-refractivity contribution in [2.24, 2.45) is 0 Å². The Kier molecular flexibility index (Phi) is 3.90. The molecule has 0 saturated heterocycles. The minimum atomic E-state index is -0.759. The van der Waals surface area contributed by atoms with Crippen molar-refractivity contribution < 1.29 is 9.53 Å². The van der Waals surface area contributed by atoms with Crippen molar-refractivity contribution in [2.75, 3.05) is 7.11 Å². The Hall–Kier alpha value is -2.14. The lowest BCUT2D eigenvalue weighted by molar-refractivity contribution is 0.0590. The Morgan fingerprint density at radius 2 is 2.00 bits per heavy atom. The molecule has 2 aromatic rings. The maximum absolute atomic E-state index is 11.9. The van der Waals surface area contributed by atoms with Crippen LogP contribution in [0.5, 0.6) is 0 Å². The number of halogens is 1. The molecule has 20 heavy (non-hydrogen) atoms. The fourth-order valence-corrected chi connectivity index (χ4v) is 1.87. The number of ether oxygens (including phenoxy) is 1. The van der Waals surface area contributed by atoms with Crippen molar-refractivity contribution >= 4 is 17.6 Å². The van der Waals surface area contributed by atoms with Gasteiger partial charge >= 0.3 is 5.97 Å². The molecule has 0 N–H and O–H groups in total. The summed E-state index contributed by atoms with van der Waals surface area (Å²) in [4.78, 5) is 23.4. The first kappa shape index (κ1) is 14.3. The lowest BCUT2D eigenvalue weighted by Gasteiger charge is -2.09. The molecule has 0 bridgehead atoms. The number of nitrogens with zero attached hydrogens (tertiary/aromatic N) is 2. The van der Waals surface area contributed by atoms with Crippen LogP contribution in [0.1, 0.15) is 21.6 Å². The number of carbonyl (C=O) groups is 1. The van der Waals surface area contributed by atoms with E-state index in [2.05, 4.69) is 9.84 Å². The quantitative estimate of drug-likeness (QED) is 0.797. The fraction of sp³-hybridized carbons (Fsp3) is 0.214. The average molecular weight is 293 g/mol. The molecule has 0 spiro atoms. The monoisotopic (exact) mass is 292 g/mol. The lowest BCUT2D eigenvalue weighted by atomic mass is 10.2. The lowest BCUT2D eigenvalue weighted by Crippen LogP contribution is -2.24. The summed E-state index contributed by atoms with van der Waals surface area (Å²) >= 11 is 6.07. The van der Waals surface area contributed by atoms with Gasteiger partial charge < -0.3 is 4.74 Å². The number of esters is 1. The number of rotatable bonds is 2. The maximum Gasteiger partial charge on any atom is 0.362 e. The number of aryl methyl sites for hydroxylation is 2. The van der Waals surface area contributed by atoms with Gasteiger partial charge in [0.1, 0.15) is 0 Å². The van der Waals surface area contributed by atoms with E-state index in [9.17, 15) is 9.59 Å². The predicted molar refractivity (Wildman–Crippen MR) is 75.7 cm³/mol. The van der Waals surface area contributed by atoms with E-state index in [1.165, 1.54) is 11.8 Å². The predicted octanol–water partition coefficient (Wildman–Crippen LogP) is 2.29. The number of methoxy groups -OCH3 is 1. The first-order valence-electron chi connectivity index (χ1n) is 5.89. The Balaban J connectivity index is 2.63. The molecule has 0 amide bonds. The van der Waals surface area contributed by atoms with E-state index in [0.29, 0.717) is 16.3 Å². The van der Waals surface area contributed by atoms with Gasteiger partial charge in [-0.05, 0) is 31.5 Å². The number of aromatic nitrogens is 2. The van der Waals surface area contributed by atoms with Gasteiger partial charge in [0.2, 0.25) is 11.1 Å². The van der Waals surface area contributed by atoms with E-state index < -0.39 is 11.4 Å². The van der Waals surface area contributed by atoms with E-state index in [1.54, 1.807) is 25.3 Å². The summed E-state index contributed by atoms with van der Waals surface area (Å²) in [5.41, 5.74) is 1.31. The van der Waals surface area contributed by atoms with E-state index in [-0.39, 0.29) is 5.69 Å². The second kappa shape index (κ2) is 5.46. The summed E-state index contributed by atoms with van der Waals surface area (Å²) in [6, 6.07) is 5.36. The minimum absolute atomic E-state index is 0.246. The molecule has 1 heterocycles. The summed E-state index contributed by atoms with van der Waals surface area (Å²) in [7, 11) is 1.21. The second-order valence-electron chi connectivity index (χ2n) is 4.36. The summed E-state index contributed by atoms with van der Waals surface area (Å²) in [6.07, 6.45) is 1.55. The van der Waals surface area contributed by atoms with Crippen molar-refractivity contribution in [2.45, 2.75) is 13.8 Å². The first-order valence-corrected chi connectivity index (χ1v) is 6.27. The highest BCUT2D eigenvalue weighted by Crippen LogP contribution is 2.18. The van der Waals surface area contributed by atoms with E-state index >= 15 is 0 Å². The maximum atomic E-state index is 11.9. The van der Waals surface area contributed by atoms with Gasteiger partial charge in [0, 0.05) is 16.8 Å². The molecule has 6 heteroatoms. The molecule has 0 aliphatic carbocycles. The Morgan fingerprint density at radius 1 is 1.30 bits per heavy atom. The molecule has 0 radical (unpaired) electrons. The van der Waals surface area contributed by atoms with Crippen LogP contribution in [-0.4, -0.2) is 22.9 Å². The Labute approximate surface area is 120 Å². The molecule has 0 saturated carbocycles. The third-order valence-electron chi connectivity index (χ3n) is 2.90. The van der Waals surface area contributed by atoms with Gasteiger partial charge in [-0.2, -0.15) is 5.10 Å². The van der Waals surface area contributed by atoms with Crippen LogP contribution in [0.3, 0.4) is 0 Å². The highest BCUT2D eigenvalue weighted by Gasteiger charge is 2.16. The van der Waals surface area contributed by atoms with E-state index in [0.717, 1.165) is 5.56 Å². The van der Waals surface area contributed by atoms with Crippen LogP contribution in [0.15, 0.2) is 29.2 Å². The van der Waals surface area contributed by atoms with Crippen LogP contribution in [0.4, 0.5) is 0 Å². The number of benzene rings is 1. The standard InChI is InChI=1S/C14H13ClN2O3/c1-8-4-5-10(6-11(8)15)17-7-9(2)13(18)12(16-17)14(19)20-3/h4-7H,1-3H3. The van der Waals surface area contributed by atoms with Gasteiger partial charge in [0.25, 0.3) is 0 Å². The van der Waals surface area contributed by atoms with Gasteiger partial charge in [0.05, 0.1) is 12.8 Å². The number of hydrogen-bond acceptors (Lipinski definition) is 4. The Morgan fingerprint density at radius 3 is 2.60 bits per heavy atom. The van der Waals surface area contributed by atoms with Crippen molar-refractivity contribution in [3.05, 3.63) is 56.5 Å². The largest absolute Gasteiger partial charge is 0.464 e. The minimum Gasteiger partial charge on any atom is -0.464 e. The van der Waals surface area contributed by atoms with Gasteiger partial charge in [-0.1, -0.05) is 17.7 Å². The van der Waals surface area contributed by atoms with Gasteiger partial charge in [0.15, 0.2) is 0 Å². The van der Waals surface area contributed by atoms with Crippen molar-refractivity contribution in [3.8, 4) is 5.69 Å². The molecular weight excluding hydrogens is 280 g/mol. The molecule has 0 unspecified atom stereocenters. The highest BCUT2D eigenvalue weighted by atomic mass is 35.5. The molecule has 1 aromatic heterocycles. The van der Waals surface area contributed by atoms with E-state index in [4.69, 9.17) is 11.6 Å². The average Bonchev–Trinajstić information content (AvgIpc) is 2.44. The van der Waals surface area contributed by atoms with Crippen LogP contribution in [0, 0.1) is 13.8 Å². The summed E-state index contributed by atoms with van der Waals surface area (Å²) in [6.45, 7) is 3.50. The molecule has 0 fully saturated rings. The van der Waals surface area contributed by atoms with Gasteiger partial charge in [-0.15, -0.1) is 0 Å². The van der Waals surface area contributed by atoms with E-state index in [1.807, 2.05) is 13.0 Å². The van der Waals surface area contributed by atoms with Crippen molar-refractivity contribution in [3.63, 3.8) is 0 Å². The third-order valence-corrected chi connectivity index (χ3v) is 3.30. The second-order valence-corrected chi connectivity index (χ2v) is 4.77. The summed E-state index contributed by atoms with van der Waals surface area (Å²) in [5, 5.41) is 4.60. The molecule has 0 atom stereocenters. The summed E-state index contributed by atoms with van der Waals surface area (Å²) < 4.78 is 6.00. The molecule has 0 aliphatic rings. The zero-order chi connectivity index (χ0) is 14.9. The van der Waals surface area contributed by atoms with Crippen LogP contribution in [0.2, 0.25) is 5.02 Å². The SMILES string of the molecule is COC(=O)c1nn(-c2ccc(C)c(Cl)c2)cc(C)c1=O. The molecule has 104 valence electrons. The summed E-state index contributed by atoms with van der Waals surface area (Å²) in [5.74, 6) is -0.759. The van der Waals surface area contributed by atoms with Crippen LogP contribution >= 0.6 is 11.6 Å². The smallest absolute Gasteiger partial charge is 0.362 e. The molecule has 0 aliphatic heterocycles. The molecule has 5 nitrogen and oxygen atoms in total. The van der Waals surface area contributed by atoms with Crippen LogP contribution in [0.25, 0.3) is 5.69 Å². The molecule has 2 rings (SSSR count). The molecular formula is C14H13ClN2O3. The van der Waals surface area contributed by atoms with Crippen LogP contribution < -0.4 is 5.43 Å². The zero-order valence-electron chi connectivity index (χ0n) is 11.3. The fourth-order valence-electron chi connectivity index (χ4n) is 1.70. The van der Waals surface area contributed by atoms with Crippen LogP contribution in [-0.2, 0) is 4.74 Å².